The summed E-state index contributed by atoms with van der Waals surface area (Å²) in [6, 6.07) is 0. The van der Waals surface area contributed by atoms with Gasteiger partial charge in [-0.05, 0) is 26.7 Å². The van der Waals surface area contributed by atoms with E-state index in [0.717, 1.165) is 42.4 Å². The Morgan fingerprint density at radius 2 is 2.26 bits per heavy atom. The quantitative estimate of drug-likeness (QED) is 0.904. The Hall–Kier alpha value is -0.580. The number of aliphatic hydroxyl groups is 1. The van der Waals surface area contributed by atoms with E-state index in [1.807, 2.05) is 25.5 Å². The molecule has 1 aromatic heterocycles. The molecule has 0 bridgehead atoms. The number of aryl methyl sites for hydroxylation is 2. The molecule has 3 unspecified atom stereocenters. The zero-order valence-corrected chi connectivity index (χ0v) is 12.7. The Kier molecular flexibility index (Phi) is 4.87. The summed E-state index contributed by atoms with van der Waals surface area (Å²) < 4.78 is 7.43. The number of hydrogen-bond donors (Lipinski definition) is 1. The number of aliphatic hydroxyl groups excluding tert-OH is 1. The van der Waals surface area contributed by atoms with E-state index in [1.54, 1.807) is 0 Å². The van der Waals surface area contributed by atoms with Crippen LogP contribution < -0.4 is 0 Å². The molecule has 1 N–H and O–H groups in total. The third-order valence-corrected chi connectivity index (χ3v) is 4.46. The second-order valence-corrected chi connectivity index (χ2v) is 5.55. The molecule has 2 rings (SSSR count). The molecular formula is C14H23ClN2O2. The van der Waals surface area contributed by atoms with Crippen molar-refractivity contribution in [1.82, 2.24) is 9.78 Å². The predicted octanol–water partition coefficient (Wildman–Crippen LogP) is 2.45. The summed E-state index contributed by atoms with van der Waals surface area (Å²) in [6.07, 6.45) is 2.00. The lowest BCUT2D eigenvalue weighted by atomic mass is 9.92. The van der Waals surface area contributed by atoms with Gasteiger partial charge in [-0.3, -0.25) is 4.68 Å². The lowest BCUT2D eigenvalue weighted by Gasteiger charge is -2.21. The fourth-order valence-electron chi connectivity index (χ4n) is 2.82. The maximum absolute atomic E-state index is 10.4. The van der Waals surface area contributed by atoms with Gasteiger partial charge in [-0.2, -0.15) is 5.10 Å². The number of ether oxygens (including phenoxy) is 1. The van der Waals surface area contributed by atoms with Gasteiger partial charge < -0.3 is 9.84 Å². The van der Waals surface area contributed by atoms with Gasteiger partial charge in [0.25, 0.3) is 0 Å². The van der Waals surface area contributed by atoms with Crippen molar-refractivity contribution in [3.8, 4) is 0 Å². The third-order valence-electron chi connectivity index (χ3n) is 4.03. The van der Waals surface area contributed by atoms with E-state index in [-0.39, 0.29) is 12.0 Å². The SMILES string of the molecule is CCc1nn(CC)c(CC(O)C2CCOC2C)c1Cl. The van der Waals surface area contributed by atoms with E-state index in [0.29, 0.717) is 6.42 Å². The Bertz CT molecular complexity index is 433. The first-order chi connectivity index (χ1) is 9.08. The molecule has 0 aromatic carbocycles. The molecule has 0 amide bonds. The van der Waals surface area contributed by atoms with E-state index in [1.165, 1.54) is 0 Å². The summed E-state index contributed by atoms with van der Waals surface area (Å²) in [5.41, 5.74) is 1.87. The Labute approximate surface area is 119 Å². The minimum Gasteiger partial charge on any atom is -0.392 e. The van der Waals surface area contributed by atoms with Crippen LogP contribution in [-0.4, -0.2) is 33.7 Å². The molecule has 0 saturated carbocycles. The van der Waals surface area contributed by atoms with Gasteiger partial charge in [-0.25, -0.2) is 0 Å². The number of halogens is 1. The molecular weight excluding hydrogens is 264 g/mol. The van der Waals surface area contributed by atoms with Crippen LogP contribution in [-0.2, 0) is 24.1 Å². The summed E-state index contributed by atoms with van der Waals surface area (Å²) >= 11 is 6.37. The van der Waals surface area contributed by atoms with Crippen molar-refractivity contribution in [3.05, 3.63) is 16.4 Å². The molecule has 1 aliphatic rings. The zero-order valence-electron chi connectivity index (χ0n) is 11.9. The standard InChI is InChI=1S/C14H23ClN2O2/c1-4-11-14(15)12(17(5-2)16-11)8-13(18)10-6-7-19-9(10)3/h9-10,13,18H,4-8H2,1-3H3. The van der Waals surface area contributed by atoms with Gasteiger partial charge in [-0.15, -0.1) is 0 Å². The van der Waals surface area contributed by atoms with Crippen molar-refractivity contribution < 1.29 is 9.84 Å². The number of hydrogen-bond acceptors (Lipinski definition) is 3. The molecule has 1 aromatic rings. The molecule has 0 spiro atoms. The predicted molar refractivity (Wildman–Crippen MR) is 75.5 cm³/mol. The summed E-state index contributed by atoms with van der Waals surface area (Å²) in [7, 11) is 0. The molecule has 5 heteroatoms. The van der Waals surface area contributed by atoms with Crippen molar-refractivity contribution >= 4 is 11.6 Å². The van der Waals surface area contributed by atoms with Crippen molar-refractivity contribution in [2.45, 2.75) is 58.8 Å². The first-order valence-corrected chi connectivity index (χ1v) is 7.49. The third kappa shape index (κ3) is 2.96. The molecule has 1 saturated heterocycles. The van der Waals surface area contributed by atoms with Gasteiger partial charge in [-0.1, -0.05) is 18.5 Å². The van der Waals surface area contributed by atoms with Gasteiger partial charge >= 0.3 is 0 Å². The van der Waals surface area contributed by atoms with Crippen LogP contribution in [0.5, 0.6) is 0 Å². The molecule has 0 radical (unpaired) electrons. The van der Waals surface area contributed by atoms with Crippen molar-refractivity contribution in [2.24, 2.45) is 5.92 Å². The minimum atomic E-state index is -0.415. The monoisotopic (exact) mass is 286 g/mol. The fraction of sp³-hybridized carbons (Fsp3) is 0.786. The average molecular weight is 287 g/mol. The van der Waals surface area contributed by atoms with E-state index in [4.69, 9.17) is 16.3 Å². The molecule has 1 fully saturated rings. The highest BCUT2D eigenvalue weighted by molar-refractivity contribution is 6.31. The summed E-state index contributed by atoms with van der Waals surface area (Å²) in [4.78, 5) is 0. The first kappa shape index (κ1) is 14.8. The normalized spacial score (nSPS) is 24.9. The molecule has 0 aliphatic carbocycles. The van der Waals surface area contributed by atoms with E-state index >= 15 is 0 Å². The highest BCUT2D eigenvalue weighted by Crippen LogP contribution is 2.29. The van der Waals surface area contributed by atoms with Crippen LogP contribution in [0.3, 0.4) is 0 Å². The lowest BCUT2D eigenvalue weighted by molar-refractivity contribution is 0.0431. The second kappa shape index (κ2) is 6.25. The molecule has 2 heterocycles. The molecule has 19 heavy (non-hydrogen) atoms. The van der Waals surface area contributed by atoms with Crippen LogP contribution in [0.2, 0.25) is 5.02 Å². The highest BCUT2D eigenvalue weighted by Gasteiger charge is 2.32. The van der Waals surface area contributed by atoms with E-state index < -0.39 is 6.10 Å². The highest BCUT2D eigenvalue weighted by atomic mass is 35.5. The van der Waals surface area contributed by atoms with Gasteiger partial charge in [0.05, 0.1) is 28.6 Å². The summed E-state index contributed by atoms with van der Waals surface area (Å²) in [6.45, 7) is 7.63. The molecule has 108 valence electrons. The molecule has 1 aliphatic heterocycles. The van der Waals surface area contributed by atoms with Crippen molar-refractivity contribution in [3.63, 3.8) is 0 Å². The average Bonchev–Trinajstić information content (AvgIpc) is 2.95. The molecule has 4 nitrogen and oxygen atoms in total. The van der Waals surface area contributed by atoms with Crippen LogP contribution in [0, 0.1) is 5.92 Å². The minimum absolute atomic E-state index is 0.123. The van der Waals surface area contributed by atoms with E-state index in [9.17, 15) is 5.11 Å². The number of rotatable bonds is 5. The lowest BCUT2D eigenvalue weighted by Crippen LogP contribution is -2.29. The van der Waals surface area contributed by atoms with E-state index in [2.05, 4.69) is 5.10 Å². The molecule has 3 atom stereocenters. The number of aromatic nitrogens is 2. The van der Waals surface area contributed by atoms with Crippen molar-refractivity contribution in [1.29, 1.82) is 0 Å². The Morgan fingerprint density at radius 1 is 1.53 bits per heavy atom. The van der Waals surface area contributed by atoms with Gasteiger partial charge in [0.15, 0.2) is 0 Å². The fourth-order valence-corrected chi connectivity index (χ4v) is 3.16. The van der Waals surface area contributed by atoms with Crippen LogP contribution in [0.15, 0.2) is 0 Å². The van der Waals surface area contributed by atoms with Gasteiger partial charge in [0, 0.05) is 25.5 Å². The van der Waals surface area contributed by atoms with Crippen LogP contribution in [0.1, 0.15) is 38.6 Å². The Morgan fingerprint density at radius 3 is 2.79 bits per heavy atom. The number of nitrogens with zero attached hydrogens (tertiary/aromatic N) is 2. The topological polar surface area (TPSA) is 47.3 Å². The largest absolute Gasteiger partial charge is 0.392 e. The van der Waals surface area contributed by atoms with Crippen LogP contribution in [0.25, 0.3) is 0 Å². The summed E-state index contributed by atoms with van der Waals surface area (Å²) in [5, 5.41) is 15.6. The Balaban J connectivity index is 2.15. The zero-order chi connectivity index (χ0) is 14.0. The van der Waals surface area contributed by atoms with Crippen LogP contribution >= 0.6 is 11.6 Å². The van der Waals surface area contributed by atoms with Gasteiger partial charge in [0.1, 0.15) is 0 Å². The maximum Gasteiger partial charge on any atom is 0.0850 e. The smallest absolute Gasteiger partial charge is 0.0850 e. The first-order valence-electron chi connectivity index (χ1n) is 7.12. The summed E-state index contributed by atoms with van der Waals surface area (Å²) in [5.74, 6) is 0.196. The van der Waals surface area contributed by atoms with Crippen LogP contribution in [0.4, 0.5) is 0 Å². The second-order valence-electron chi connectivity index (χ2n) is 5.18. The maximum atomic E-state index is 10.4. The van der Waals surface area contributed by atoms with Gasteiger partial charge in [0.2, 0.25) is 0 Å². The van der Waals surface area contributed by atoms with Crippen molar-refractivity contribution in [2.75, 3.05) is 6.61 Å².